The molecule has 0 saturated carbocycles. The molecule has 4 rings (SSSR count). The van der Waals surface area contributed by atoms with Crippen molar-refractivity contribution in [3.8, 4) is 0 Å². The van der Waals surface area contributed by atoms with Crippen LogP contribution in [0.1, 0.15) is 37.8 Å². The van der Waals surface area contributed by atoms with Crippen molar-refractivity contribution in [2.45, 2.75) is 26.7 Å². The molecule has 0 unspecified atom stereocenters. The zero-order chi connectivity index (χ0) is 26.4. The molecule has 0 radical (unpaired) electrons. The molecule has 0 aliphatic heterocycles. The van der Waals surface area contributed by atoms with Crippen molar-refractivity contribution in [2.75, 3.05) is 0 Å². The first-order valence-corrected chi connectivity index (χ1v) is 11.4. The van der Waals surface area contributed by atoms with Crippen molar-refractivity contribution < 1.29 is 18.4 Å². The topological polar surface area (TPSA) is 143 Å². The third kappa shape index (κ3) is 6.17. The minimum absolute atomic E-state index is 0.115. The van der Waals surface area contributed by atoms with Crippen LogP contribution in [-0.4, -0.2) is 17.5 Å². The normalized spacial score (nSPS) is 11.9. The molecule has 3 N–H and O–H groups in total. The van der Waals surface area contributed by atoms with Crippen LogP contribution in [0.15, 0.2) is 90.4 Å². The van der Waals surface area contributed by atoms with E-state index in [1.54, 1.807) is 56.3 Å². The fourth-order valence-corrected chi connectivity index (χ4v) is 3.51. The molecule has 0 bridgehead atoms. The van der Waals surface area contributed by atoms with E-state index in [0.717, 1.165) is 10.8 Å². The van der Waals surface area contributed by atoms with Gasteiger partial charge in [-0.1, -0.05) is 36.4 Å². The van der Waals surface area contributed by atoms with Gasteiger partial charge in [0.1, 0.15) is 11.2 Å². The third-order valence-electron chi connectivity index (χ3n) is 5.53. The maximum Gasteiger partial charge on any atom is 0.345 e. The van der Waals surface area contributed by atoms with Gasteiger partial charge in [0.2, 0.25) is 11.8 Å². The van der Waals surface area contributed by atoms with Gasteiger partial charge in [-0.05, 0) is 43.7 Å². The number of hydrogen-bond donors (Lipinski definition) is 3. The second-order valence-corrected chi connectivity index (χ2v) is 8.22. The van der Waals surface area contributed by atoms with Crippen molar-refractivity contribution >= 4 is 45.0 Å². The predicted octanol–water partition coefficient (Wildman–Crippen LogP) is 3.20. The number of nitrogens with zero attached hydrogens (tertiary/aromatic N) is 1. The van der Waals surface area contributed by atoms with E-state index >= 15 is 0 Å². The number of rotatable bonds is 8. The summed E-state index contributed by atoms with van der Waals surface area (Å²) in [5, 5.41) is 5.46. The third-order valence-corrected chi connectivity index (χ3v) is 5.53. The zero-order valence-electron chi connectivity index (χ0n) is 20.2. The highest BCUT2D eigenvalue weighted by atomic mass is 16.4. The monoisotopic (exact) mass is 500 g/mol. The second kappa shape index (κ2) is 11.2. The van der Waals surface area contributed by atoms with Gasteiger partial charge in [-0.3, -0.25) is 15.0 Å². The van der Waals surface area contributed by atoms with E-state index in [1.807, 2.05) is 18.2 Å². The number of hydrazone groups is 1. The highest BCUT2D eigenvalue weighted by molar-refractivity contribution is 6.01. The lowest BCUT2D eigenvalue weighted by molar-refractivity contribution is -0.126. The van der Waals surface area contributed by atoms with E-state index < -0.39 is 23.1 Å². The minimum Gasteiger partial charge on any atom is -0.422 e. The Morgan fingerprint density at radius 2 is 1.35 bits per heavy atom. The van der Waals surface area contributed by atoms with E-state index in [-0.39, 0.29) is 24.1 Å². The Kier molecular flexibility index (Phi) is 7.58. The maximum atomic E-state index is 12.2. The molecule has 0 atom stereocenters. The Bertz CT molecular complexity index is 1670. The number of allylic oxidation sites excluding steroid dienone is 1. The van der Waals surface area contributed by atoms with Crippen molar-refractivity contribution in [3.05, 3.63) is 98.8 Å². The quantitative estimate of drug-likeness (QED) is 0.191. The zero-order valence-corrected chi connectivity index (χ0v) is 20.2. The van der Waals surface area contributed by atoms with Gasteiger partial charge in [0, 0.05) is 29.8 Å². The van der Waals surface area contributed by atoms with Gasteiger partial charge in [0.15, 0.2) is 0 Å². The molecule has 37 heavy (non-hydrogen) atoms. The van der Waals surface area contributed by atoms with Gasteiger partial charge in [0.25, 0.3) is 0 Å². The Labute approximate surface area is 210 Å². The van der Waals surface area contributed by atoms with Gasteiger partial charge < -0.3 is 14.3 Å². The number of hydrazine groups is 1. The van der Waals surface area contributed by atoms with Crippen LogP contribution in [0.2, 0.25) is 0 Å². The SMILES string of the molecule is C/C(=N/NC(=O)CCC(=O)NN/C=C(\C)c1cc2ccccc2oc1=O)c1cc2ccccc2oc1=O. The molecule has 2 aromatic heterocycles. The molecule has 4 aromatic rings. The maximum absolute atomic E-state index is 12.2. The number of hydrogen-bond acceptors (Lipinski definition) is 8. The Morgan fingerprint density at radius 3 is 2.00 bits per heavy atom. The Morgan fingerprint density at radius 1 is 0.811 bits per heavy atom. The standard InChI is InChI=1S/C27H24N4O6/c1-16(20-13-18-7-3-5-9-22(18)36-26(20)34)15-28-30-24(32)11-12-25(33)31-29-17(2)21-14-19-8-4-6-10-23(19)37-27(21)35/h3-10,13-15,28H,11-12H2,1-2H3,(H,30,32)(H,31,33)/b16-15+,29-17-. The number of benzene rings is 2. The summed E-state index contributed by atoms with van der Waals surface area (Å²) in [6.45, 7) is 3.27. The summed E-state index contributed by atoms with van der Waals surface area (Å²) >= 11 is 0. The lowest BCUT2D eigenvalue weighted by Crippen LogP contribution is -2.34. The molecule has 188 valence electrons. The van der Waals surface area contributed by atoms with E-state index in [4.69, 9.17) is 8.83 Å². The summed E-state index contributed by atoms with van der Waals surface area (Å²) in [6, 6.07) is 17.6. The van der Waals surface area contributed by atoms with Crippen LogP contribution < -0.4 is 27.5 Å². The van der Waals surface area contributed by atoms with Crippen molar-refractivity contribution in [1.29, 1.82) is 0 Å². The number of nitrogens with one attached hydrogen (secondary N) is 3. The summed E-state index contributed by atoms with van der Waals surface area (Å²) in [7, 11) is 0. The lowest BCUT2D eigenvalue weighted by Gasteiger charge is -2.07. The van der Waals surface area contributed by atoms with Gasteiger partial charge >= 0.3 is 11.3 Å². The second-order valence-electron chi connectivity index (χ2n) is 8.22. The van der Waals surface area contributed by atoms with Crippen LogP contribution in [-0.2, 0) is 9.59 Å². The smallest absolute Gasteiger partial charge is 0.345 e. The average Bonchev–Trinajstić information content (AvgIpc) is 2.89. The van der Waals surface area contributed by atoms with E-state index in [9.17, 15) is 19.2 Å². The van der Waals surface area contributed by atoms with Crippen LogP contribution in [0.4, 0.5) is 0 Å². The van der Waals surface area contributed by atoms with Crippen molar-refractivity contribution in [2.24, 2.45) is 5.10 Å². The molecule has 0 aliphatic rings. The number of carbonyl (C=O) groups is 2. The number of amides is 2. The number of fused-ring (bicyclic) bond motifs is 2. The van der Waals surface area contributed by atoms with Crippen molar-refractivity contribution in [1.82, 2.24) is 16.3 Å². The summed E-state index contributed by atoms with van der Waals surface area (Å²) in [5.74, 6) is -0.944. The molecule has 0 fully saturated rings. The first kappa shape index (κ1) is 25.1. The fraction of sp³-hybridized carbons (Fsp3) is 0.148. The van der Waals surface area contributed by atoms with Gasteiger partial charge in [-0.25, -0.2) is 15.0 Å². The van der Waals surface area contributed by atoms with Gasteiger partial charge in [-0.2, -0.15) is 5.10 Å². The fourth-order valence-electron chi connectivity index (χ4n) is 3.51. The largest absolute Gasteiger partial charge is 0.422 e. The molecule has 2 heterocycles. The predicted molar refractivity (Wildman–Crippen MR) is 139 cm³/mol. The van der Waals surface area contributed by atoms with E-state index in [0.29, 0.717) is 22.3 Å². The highest BCUT2D eigenvalue weighted by Crippen LogP contribution is 2.17. The minimum atomic E-state index is -0.565. The van der Waals surface area contributed by atoms with Crippen LogP contribution >= 0.6 is 0 Å². The summed E-state index contributed by atoms with van der Waals surface area (Å²) in [6.07, 6.45) is 1.21. The van der Waals surface area contributed by atoms with E-state index in [1.165, 1.54) is 6.20 Å². The molecule has 0 spiro atoms. The van der Waals surface area contributed by atoms with Crippen LogP contribution in [0, 0.1) is 0 Å². The average molecular weight is 501 g/mol. The highest BCUT2D eigenvalue weighted by Gasteiger charge is 2.11. The molecule has 10 heteroatoms. The lowest BCUT2D eigenvalue weighted by atomic mass is 10.1. The number of carbonyl (C=O) groups excluding carboxylic acids is 2. The summed E-state index contributed by atoms with van der Waals surface area (Å²) in [5.41, 5.74) is 8.71. The molecule has 2 aromatic carbocycles. The molecule has 10 nitrogen and oxygen atoms in total. The van der Waals surface area contributed by atoms with Gasteiger partial charge in [0.05, 0.1) is 16.8 Å². The van der Waals surface area contributed by atoms with Gasteiger partial charge in [-0.15, -0.1) is 0 Å². The van der Waals surface area contributed by atoms with Crippen LogP contribution in [0.5, 0.6) is 0 Å². The molecule has 0 saturated heterocycles. The Balaban J connectivity index is 1.27. The summed E-state index contributed by atoms with van der Waals surface area (Å²) < 4.78 is 10.6. The van der Waals surface area contributed by atoms with E-state index in [2.05, 4.69) is 21.4 Å². The molecular weight excluding hydrogens is 476 g/mol. The van der Waals surface area contributed by atoms with Crippen LogP contribution in [0.25, 0.3) is 27.5 Å². The summed E-state index contributed by atoms with van der Waals surface area (Å²) in [4.78, 5) is 48.6. The number of para-hydroxylation sites is 2. The van der Waals surface area contributed by atoms with Crippen LogP contribution in [0.3, 0.4) is 0 Å². The first-order valence-electron chi connectivity index (χ1n) is 11.4. The Hall–Kier alpha value is -4.99. The molecule has 2 amide bonds. The first-order chi connectivity index (χ1) is 17.8. The van der Waals surface area contributed by atoms with Crippen molar-refractivity contribution in [3.63, 3.8) is 0 Å². The molecule has 0 aliphatic carbocycles. The molecular formula is C27H24N4O6.